The van der Waals surface area contributed by atoms with E-state index in [0.29, 0.717) is 19.8 Å². The molecule has 0 heterocycles. The predicted molar refractivity (Wildman–Crippen MR) is 83.8 cm³/mol. The zero-order chi connectivity index (χ0) is 14.2. The second-order valence-electron chi connectivity index (χ2n) is 4.31. The number of hydrogen-bond acceptors (Lipinski definition) is 3. The molecule has 1 unspecified atom stereocenters. The first-order valence-corrected chi connectivity index (χ1v) is 7.34. The van der Waals surface area contributed by atoms with Crippen LogP contribution in [0.5, 0.6) is 5.75 Å². The van der Waals surface area contributed by atoms with Crippen molar-refractivity contribution < 1.29 is 9.47 Å². The van der Waals surface area contributed by atoms with E-state index in [-0.39, 0.29) is 6.10 Å². The van der Waals surface area contributed by atoms with Crippen molar-refractivity contribution in [2.75, 3.05) is 19.8 Å². The van der Waals surface area contributed by atoms with Crippen LogP contribution >= 0.6 is 15.9 Å². The summed E-state index contributed by atoms with van der Waals surface area (Å²) in [6.07, 6.45) is -0.105. The fourth-order valence-corrected chi connectivity index (χ4v) is 2.29. The van der Waals surface area contributed by atoms with Gasteiger partial charge in [0.2, 0.25) is 0 Å². The summed E-state index contributed by atoms with van der Waals surface area (Å²) in [6, 6.07) is 17.7. The predicted octanol–water partition coefficient (Wildman–Crippen LogP) is 3.54. The molecule has 20 heavy (non-hydrogen) atoms. The Bertz CT molecular complexity index is 519. The number of para-hydroxylation sites is 1. The van der Waals surface area contributed by atoms with Gasteiger partial charge in [0.1, 0.15) is 12.4 Å². The van der Waals surface area contributed by atoms with Gasteiger partial charge in [-0.3, -0.25) is 0 Å². The Kier molecular flexibility index (Phi) is 6.05. The molecule has 1 atom stereocenters. The highest BCUT2D eigenvalue weighted by Gasteiger charge is 2.10. The van der Waals surface area contributed by atoms with Gasteiger partial charge in [-0.2, -0.15) is 0 Å². The molecule has 0 bridgehead atoms. The van der Waals surface area contributed by atoms with E-state index in [4.69, 9.17) is 15.2 Å². The highest BCUT2D eigenvalue weighted by atomic mass is 79.9. The first kappa shape index (κ1) is 15.0. The number of benzene rings is 2. The van der Waals surface area contributed by atoms with Crippen LogP contribution in [0.15, 0.2) is 59.1 Å². The van der Waals surface area contributed by atoms with Crippen LogP contribution in [0, 0.1) is 0 Å². The lowest BCUT2D eigenvalue weighted by Crippen LogP contribution is -2.18. The molecule has 2 rings (SSSR count). The maximum atomic E-state index is 5.78. The van der Waals surface area contributed by atoms with Crippen molar-refractivity contribution in [2.24, 2.45) is 5.73 Å². The molecule has 0 aliphatic rings. The van der Waals surface area contributed by atoms with Gasteiger partial charge < -0.3 is 15.2 Å². The molecule has 0 amide bonds. The SMILES string of the molecule is NCC(OCCOc1ccccc1)c1cccc(Br)c1. The Morgan fingerprint density at radius 3 is 2.50 bits per heavy atom. The molecule has 2 aromatic carbocycles. The van der Waals surface area contributed by atoms with Crippen molar-refractivity contribution in [2.45, 2.75) is 6.10 Å². The largest absolute Gasteiger partial charge is 0.491 e. The van der Waals surface area contributed by atoms with Gasteiger partial charge in [-0.25, -0.2) is 0 Å². The van der Waals surface area contributed by atoms with Crippen LogP contribution in [0.3, 0.4) is 0 Å². The van der Waals surface area contributed by atoms with E-state index >= 15 is 0 Å². The number of nitrogens with two attached hydrogens (primary N) is 1. The molecule has 0 saturated heterocycles. The lowest BCUT2D eigenvalue weighted by molar-refractivity contribution is 0.0380. The van der Waals surface area contributed by atoms with Gasteiger partial charge in [-0.05, 0) is 29.8 Å². The molecule has 0 aliphatic heterocycles. The van der Waals surface area contributed by atoms with Gasteiger partial charge in [0.05, 0.1) is 12.7 Å². The summed E-state index contributed by atoms with van der Waals surface area (Å²) in [6.45, 7) is 1.46. The monoisotopic (exact) mass is 335 g/mol. The Morgan fingerprint density at radius 1 is 1.00 bits per heavy atom. The zero-order valence-electron chi connectivity index (χ0n) is 11.2. The molecule has 0 fully saturated rings. The summed E-state index contributed by atoms with van der Waals surface area (Å²) in [7, 11) is 0. The van der Waals surface area contributed by atoms with Crippen molar-refractivity contribution in [3.05, 3.63) is 64.6 Å². The van der Waals surface area contributed by atoms with Crippen molar-refractivity contribution in [3.63, 3.8) is 0 Å². The minimum Gasteiger partial charge on any atom is -0.491 e. The van der Waals surface area contributed by atoms with Crippen LogP contribution in [0.4, 0.5) is 0 Å². The molecular weight excluding hydrogens is 318 g/mol. The number of ether oxygens (including phenoxy) is 2. The second kappa shape index (κ2) is 8.04. The van der Waals surface area contributed by atoms with Gasteiger partial charge in [-0.1, -0.05) is 46.3 Å². The maximum absolute atomic E-state index is 5.78. The third-order valence-electron chi connectivity index (χ3n) is 2.85. The summed E-state index contributed by atoms with van der Waals surface area (Å²) >= 11 is 3.45. The van der Waals surface area contributed by atoms with Gasteiger partial charge in [-0.15, -0.1) is 0 Å². The number of hydrogen-bond donors (Lipinski definition) is 1. The van der Waals surface area contributed by atoms with E-state index < -0.39 is 0 Å². The standard InChI is InChI=1S/C16H18BrNO2/c17-14-6-4-5-13(11-14)16(12-18)20-10-9-19-15-7-2-1-3-8-15/h1-8,11,16H,9-10,12,18H2. The molecule has 0 radical (unpaired) electrons. The molecule has 0 aromatic heterocycles. The first-order valence-electron chi connectivity index (χ1n) is 6.54. The molecule has 2 aromatic rings. The van der Waals surface area contributed by atoms with Gasteiger partial charge >= 0.3 is 0 Å². The van der Waals surface area contributed by atoms with Gasteiger partial charge in [0.25, 0.3) is 0 Å². The van der Waals surface area contributed by atoms with Crippen molar-refractivity contribution in [1.82, 2.24) is 0 Å². The van der Waals surface area contributed by atoms with E-state index in [0.717, 1.165) is 15.8 Å². The smallest absolute Gasteiger partial charge is 0.119 e. The fourth-order valence-electron chi connectivity index (χ4n) is 1.87. The Hall–Kier alpha value is -1.36. The quantitative estimate of drug-likeness (QED) is 0.787. The Morgan fingerprint density at radius 2 is 1.80 bits per heavy atom. The number of halogens is 1. The summed E-state index contributed by atoms with van der Waals surface area (Å²) in [4.78, 5) is 0. The number of rotatable bonds is 7. The lowest BCUT2D eigenvalue weighted by Gasteiger charge is -2.17. The molecule has 2 N–H and O–H groups in total. The Labute approximate surface area is 127 Å². The first-order chi connectivity index (χ1) is 9.79. The van der Waals surface area contributed by atoms with Crippen LogP contribution < -0.4 is 10.5 Å². The summed E-state index contributed by atoms with van der Waals surface area (Å²) in [5, 5.41) is 0. The average Bonchev–Trinajstić information content (AvgIpc) is 2.48. The summed E-state index contributed by atoms with van der Waals surface area (Å²) < 4.78 is 12.4. The highest BCUT2D eigenvalue weighted by Crippen LogP contribution is 2.20. The molecule has 0 spiro atoms. The average molecular weight is 336 g/mol. The van der Waals surface area contributed by atoms with Crippen molar-refractivity contribution in [1.29, 1.82) is 0 Å². The lowest BCUT2D eigenvalue weighted by atomic mass is 10.1. The Balaban J connectivity index is 1.80. The maximum Gasteiger partial charge on any atom is 0.119 e. The van der Waals surface area contributed by atoms with Crippen molar-refractivity contribution in [3.8, 4) is 5.75 Å². The van der Waals surface area contributed by atoms with Crippen LogP contribution in [-0.2, 0) is 4.74 Å². The summed E-state index contributed by atoms with van der Waals surface area (Å²) in [5.41, 5.74) is 6.84. The minimum absolute atomic E-state index is 0.105. The molecule has 0 saturated carbocycles. The van der Waals surface area contributed by atoms with Crippen LogP contribution in [0.1, 0.15) is 11.7 Å². The molecular formula is C16H18BrNO2. The molecule has 3 nitrogen and oxygen atoms in total. The second-order valence-corrected chi connectivity index (χ2v) is 5.23. The van der Waals surface area contributed by atoms with Crippen LogP contribution in [0.25, 0.3) is 0 Å². The van der Waals surface area contributed by atoms with E-state index in [9.17, 15) is 0 Å². The van der Waals surface area contributed by atoms with E-state index in [2.05, 4.69) is 15.9 Å². The van der Waals surface area contributed by atoms with Crippen LogP contribution in [-0.4, -0.2) is 19.8 Å². The molecule has 106 valence electrons. The van der Waals surface area contributed by atoms with E-state index in [1.165, 1.54) is 0 Å². The van der Waals surface area contributed by atoms with E-state index in [1.807, 2.05) is 54.6 Å². The van der Waals surface area contributed by atoms with Crippen molar-refractivity contribution >= 4 is 15.9 Å². The summed E-state index contributed by atoms with van der Waals surface area (Å²) in [5.74, 6) is 0.850. The minimum atomic E-state index is -0.105. The molecule has 4 heteroatoms. The van der Waals surface area contributed by atoms with Gasteiger partial charge in [0, 0.05) is 11.0 Å². The van der Waals surface area contributed by atoms with Crippen LogP contribution in [0.2, 0.25) is 0 Å². The molecule has 0 aliphatic carbocycles. The third kappa shape index (κ3) is 4.63. The normalized spacial score (nSPS) is 12.1. The van der Waals surface area contributed by atoms with E-state index in [1.54, 1.807) is 0 Å². The third-order valence-corrected chi connectivity index (χ3v) is 3.34. The zero-order valence-corrected chi connectivity index (χ0v) is 12.8. The fraction of sp³-hybridized carbons (Fsp3) is 0.250. The topological polar surface area (TPSA) is 44.5 Å². The van der Waals surface area contributed by atoms with Gasteiger partial charge in [0.15, 0.2) is 0 Å². The highest BCUT2D eigenvalue weighted by molar-refractivity contribution is 9.10.